The van der Waals surface area contributed by atoms with Gasteiger partial charge in [-0.15, -0.1) is 0 Å². The van der Waals surface area contributed by atoms with E-state index >= 15 is 0 Å². The Morgan fingerprint density at radius 1 is 1.32 bits per heavy atom. The lowest BCUT2D eigenvalue weighted by Crippen LogP contribution is -2.54. The first-order valence-corrected chi connectivity index (χ1v) is 6.81. The van der Waals surface area contributed by atoms with E-state index in [2.05, 4.69) is 26.6 Å². The maximum atomic E-state index is 11.9. The van der Waals surface area contributed by atoms with E-state index in [-0.39, 0.29) is 0 Å². The molecule has 0 radical (unpaired) electrons. The Morgan fingerprint density at radius 2 is 1.95 bits per heavy atom. The SMILES string of the molecule is CCC(CC)(NC(=O)Nc1cccc(Br)c1)C(=O)O. The van der Waals surface area contributed by atoms with Crippen LogP contribution in [0.25, 0.3) is 0 Å². The summed E-state index contributed by atoms with van der Waals surface area (Å²) in [5.74, 6) is -1.03. The van der Waals surface area contributed by atoms with Crippen LogP contribution in [0.15, 0.2) is 28.7 Å². The minimum atomic E-state index is -1.23. The molecule has 0 aliphatic rings. The molecule has 0 fully saturated rings. The quantitative estimate of drug-likeness (QED) is 0.776. The van der Waals surface area contributed by atoms with Crippen LogP contribution in [0.4, 0.5) is 10.5 Å². The molecule has 0 heterocycles. The second-order valence-corrected chi connectivity index (χ2v) is 5.10. The largest absolute Gasteiger partial charge is 0.480 e. The molecule has 0 saturated carbocycles. The van der Waals surface area contributed by atoms with Crippen molar-refractivity contribution in [2.24, 2.45) is 0 Å². The minimum absolute atomic E-state index is 0.324. The molecule has 0 saturated heterocycles. The molecule has 6 heteroatoms. The Kier molecular flexibility index (Phi) is 5.35. The van der Waals surface area contributed by atoms with Gasteiger partial charge < -0.3 is 15.7 Å². The van der Waals surface area contributed by atoms with Crippen molar-refractivity contribution in [3.8, 4) is 0 Å². The van der Waals surface area contributed by atoms with Crippen LogP contribution in [0.1, 0.15) is 26.7 Å². The summed E-state index contributed by atoms with van der Waals surface area (Å²) in [5, 5.41) is 14.4. The summed E-state index contributed by atoms with van der Waals surface area (Å²) >= 11 is 3.30. The number of aliphatic carboxylic acids is 1. The molecule has 5 nitrogen and oxygen atoms in total. The van der Waals surface area contributed by atoms with Crippen LogP contribution in [0.5, 0.6) is 0 Å². The average molecular weight is 329 g/mol. The summed E-state index contributed by atoms with van der Waals surface area (Å²) in [6, 6.07) is 6.56. The molecule has 1 aromatic rings. The van der Waals surface area contributed by atoms with Crippen molar-refractivity contribution in [1.29, 1.82) is 0 Å². The zero-order chi connectivity index (χ0) is 14.5. The van der Waals surface area contributed by atoms with Crippen molar-refractivity contribution in [2.75, 3.05) is 5.32 Å². The summed E-state index contributed by atoms with van der Waals surface area (Å²) in [6.45, 7) is 3.47. The van der Waals surface area contributed by atoms with Gasteiger partial charge in [-0.25, -0.2) is 9.59 Å². The molecule has 0 spiro atoms. The Morgan fingerprint density at radius 3 is 2.42 bits per heavy atom. The van der Waals surface area contributed by atoms with E-state index in [0.717, 1.165) is 4.47 Å². The van der Waals surface area contributed by atoms with Crippen molar-refractivity contribution in [3.05, 3.63) is 28.7 Å². The van der Waals surface area contributed by atoms with Crippen LogP contribution in [0.2, 0.25) is 0 Å². The Balaban J connectivity index is 2.76. The first kappa shape index (κ1) is 15.5. The summed E-state index contributed by atoms with van der Waals surface area (Å²) in [5.41, 5.74) is -0.630. The van der Waals surface area contributed by atoms with Crippen molar-refractivity contribution in [3.63, 3.8) is 0 Å². The van der Waals surface area contributed by atoms with Gasteiger partial charge in [0.1, 0.15) is 5.54 Å². The topological polar surface area (TPSA) is 78.4 Å². The maximum absolute atomic E-state index is 11.9. The Bertz CT molecular complexity index is 473. The number of carbonyl (C=O) groups excluding carboxylic acids is 1. The maximum Gasteiger partial charge on any atom is 0.329 e. The highest BCUT2D eigenvalue weighted by Gasteiger charge is 2.36. The van der Waals surface area contributed by atoms with Crippen LogP contribution in [0, 0.1) is 0 Å². The predicted molar refractivity (Wildman–Crippen MR) is 77.2 cm³/mol. The third-order valence-corrected chi connectivity index (χ3v) is 3.55. The molecule has 19 heavy (non-hydrogen) atoms. The minimum Gasteiger partial charge on any atom is -0.480 e. The fraction of sp³-hybridized carbons (Fsp3) is 0.385. The summed E-state index contributed by atoms with van der Waals surface area (Å²) in [4.78, 5) is 23.1. The third kappa shape index (κ3) is 3.96. The lowest BCUT2D eigenvalue weighted by Gasteiger charge is -2.28. The molecular weight excluding hydrogens is 312 g/mol. The van der Waals surface area contributed by atoms with Crippen molar-refractivity contribution >= 4 is 33.6 Å². The van der Waals surface area contributed by atoms with Gasteiger partial charge in [0.2, 0.25) is 0 Å². The summed E-state index contributed by atoms with van der Waals surface area (Å²) < 4.78 is 0.834. The molecule has 0 aliphatic heterocycles. The summed E-state index contributed by atoms with van der Waals surface area (Å²) in [6.07, 6.45) is 0.648. The predicted octanol–water partition coefficient (Wildman–Crippen LogP) is 3.21. The van der Waals surface area contributed by atoms with Crippen molar-refractivity contribution in [1.82, 2.24) is 5.32 Å². The van der Waals surface area contributed by atoms with Gasteiger partial charge in [-0.05, 0) is 31.0 Å². The van der Waals surface area contributed by atoms with Crippen LogP contribution < -0.4 is 10.6 Å². The monoisotopic (exact) mass is 328 g/mol. The van der Waals surface area contributed by atoms with E-state index in [0.29, 0.717) is 18.5 Å². The van der Waals surface area contributed by atoms with Crippen molar-refractivity contribution < 1.29 is 14.7 Å². The lowest BCUT2D eigenvalue weighted by molar-refractivity contribution is -0.144. The second-order valence-electron chi connectivity index (χ2n) is 4.18. The number of carboxylic acid groups (broad SMARTS) is 1. The molecule has 1 aromatic carbocycles. The molecule has 0 unspecified atom stereocenters. The Labute approximate surface area is 120 Å². The zero-order valence-electron chi connectivity index (χ0n) is 10.9. The summed E-state index contributed by atoms with van der Waals surface area (Å²) in [7, 11) is 0. The number of hydrogen-bond acceptors (Lipinski definition) is 2. The highest BCUT2D eigenvalue weighted by atomic mass is 79.9. The standard InChI is InChI=1S/C13H17BrN2O3/c1-3-13(4-2,11(17)18)16-12(19)15-10-7-5-6-9(14)8-10/h5-8H,3-4H2,1-2H3,(H,17,18)(H2,15,16,19). The highest BCUT2D eigenvalue weighted by molar-refractivity contribution is 9.10. The molecule has 0 aromatic heterocycles. The lowest BCUT2D eigenvalue weighted by atomic mass is 9.93. The van der Waals surface area contributed by atoms with E-state index in [4.69, 9.17) is 0 Å². The molecule has 0 aliphatic carbocycles. The number of hydrogen-bond donors (Lipinski definition) is 3. The smallest absolute Gasteiger partial charge is 0.329 e. The molecule has 2 amide bonds. The van der Waals surface area contributed by atoms with Gasteiger partial charge in [0.05, 0.1) is 0 Å². The number of anilines is 1. The Hall–Kier alpha value is -1.56. The fourth-order valence-corrected chi connectivity index (χ4v) is 2.13. The number of urea groups is 1. The van der Waals surface area contributed by atoms with E-state index in [9.17, 15) is 14.7 Å². The average Bonchev–Trinajstić information content (AvgIpc) is 2.35. The number of halogens is 1. The molecule has 0 atom stereocenters. The number of carbonyl (C=O) groups is 2. The van der Waals surface area contributed by atoms with Gasteiger partial charge in [-0.3, -0.25) is 0 Å². The highest BCUT2D eigenvalue weighted by Crippen LogP contribution is 2.18. The second kappa shape index (κ2) is 6.56. The van der Waals surface area contributed by atoms with Gasteiger partial charge in [-0.1, -0.05) is 35.8 Å². The van der Waals surface area contributed by atoms with Crippen molar-refractivity contribution in [2.45, 2.75) is 32.2 Å². The van der Waals surface area contributed by atoms with Crippen LogP contribution >= 0.6 is 15.9 Å². The van der Waals surface area contributed by atoms with Gasteiger partial charge in [0, 0.05) is 10.2 Å². The van der Waals surface area contributed by atoms with Crippen LogP contribution in [-0.2, 0) is 4.79 Å². The number of benzene rings is 1. The van der Waals surface area contributed by atoms with Gasteiger partial charge >= 0.3 is 12.0 Å². The third-order valence-electron chi connectivity index (χ3n) is 3.05. The van der Waals surface area contributed by atoms with E-state index in [1.165, 1.54) is 0 Å². The van der Waals surface area contributed by atoms with Gasteiger partial charge in [-0.2, -0.15) is 0 Å². The fourth-order valence-electron chi connectivity index (χ4n) is 1.73. The molecule has 1 rings (SSSR count). The van der Waals surface area contributed by atoms with E-state index in [1.807, 2.05) is 6.07 Å². The number of amides is 2. The molecule has 0 bridgehead atoms. The van der Waals surface area contributed by atoms with E-state index < -0.39 is 17.5 Å². The molecular formula is C13H17BrN2O3. The first-order chi connectivity index (χ1) is 8.93. The van der Waals surface area contributed by atoms with E-state index in [1.54, 1.807) is 32.0 Å². The molecule has 104 valence electrons. The van der Waals surface area contributed by atoms with Gasteiger partial charge in [0.15, 0.2) is 0 Å². The van der Waals surface area contributed by atoms with Crippen LogP contribution in [-0.4, -0.2) is 22.6 Å². The first-order valence-electron chi connectivity index (χ1n) is 6.01. The number of rotatable bonds is 5. The number of carboxylic acids is 1. The van der Waals surface area contributed by atoms with Crippen LogP contribution in [0.3, 0.4) is 0 Å². The molecule has 3 N–H and O–H groups in total. The normalized spacial score (nSPS) is 10.9. The zero-order valence-corrected chi connectivity index (χ0v) is 12.5. The van der Waals surface area contributed by atoms with Gasteiger partial charge in [0.25, 0.3) is 0 Å². The number of nitrogens with one attached hydrogen (secondary N) is 2.